The van der Waals surface area contributed by atoms with Gasteiger partial charge in [0.15, 0.2) is 11.8 Å². The SMILES string of the molecule is CC1OC(=O)[C@H](C)[C@H](O)[C@H](Cc2cccnc2)NC(=O)[C@@H](NC(=O)c2ncccc2O)[C@@H](C)OC1=O. The fourth-order valence-corrected chi connectivity index (χ4v) is 3.64. The fourth-order valence-electron chi connectivity index (χ4n) is 3.64. The molecule has 0 bridgehead atoms. The van der Waals surface area contributed by atoms with Crippen molar-refractivity contribution in [3.05, 3.63) is 54.1 Å². The molecule has 1 saturated heterocycles. The molecule has 0 aromatic carbocycles. The first-order valence-corrected chi connectivity index (χ1v) is 11.3. The number of aromatic nitrogens is 2. The number of hydrogen-bond acceptors (Lipinski definition) is 10. The highest BCUT2D eigenvalue weighted by Crippen LogP contribution is 2.18. The molecular weight excluding hydrogens is 472 g/mol. The molecule has 1 unspecified atom stereocenters. The van der Waals surface area contributed by atoms with Crippen molar-refractivity contribution in [2.24, 2.45) is 5.92 Å². The molecule has 0 spiro atoms. The van der Waals surface area contributed by atoms with E-state index in [9.17, 15) is 29.4 Å². The molecule has 3 rings (SSSR count). The van der Waals surface area contributed by atoms with E-state index in [1.54, 1.807) is 24.5 Å². The Balaban J connectivity index is 1.95. The number of carbonyl (C=O) groups excluding carboxylic acids is 4. The van der Waals surface area contributed by atoms with Crippen LogP contribution in [-0.4, -0.2) is 74.3 Å². The molecule has 1 fully saturated rings. The van der Waals surface area contributed by atoms with Crippen molar-refractivity contribution in [2.45, 2.75) is 57.6 Å². The van der Waals surface area contributed by atoms with Crippen LogP contribution in [0, 0.1) is 5.92 Å². The quantitative estimate of drug-likeness (QED) is 0.414. The van der Waals surface area contributed by atoms with Crippen LogP contribution in [0.3, 0.4) is 0 Å². The predicted molar refractivity (Wildman–Crippen MR) is 123 cm³/mol. The second-order valence-corrected chi connectivity index (χ2v) is 8.50. The van der Waals surface area contributed by atoms with Gasteiger partial charge in [0.25, 0.3) is 5.91 Å². The molecular formula is C24H28N4O8. The van der Waals surface area contributed by atoms with Crippen LogP contribution in [0.5, 0.6) is 5.75 Å². The van der Waals surface area contributed by atoms with E-state index in [1.807, 2.05) is 0 Å². The molecule has 2 amide bonds. The Kier molecular flexibility index (Phi) is 8.54. The van der Waals surface area contributed by atoms with Gasteiger partial charge in [0.1, 0.15) is 17.9 Å². The fraction of sp³-hybridized carbons (Fsp3) is 0.417. The van der Waals surface area contributed by atoms with Crippen molar-refractivity contribution in [1.29, 1.82) is 0 Å². The molecule has 12 nitrogen and oxygen atoms in total. The number of carbonyl (C=O) groups is 4. The first kappa shape index (κ1) is 26.5. The molecule has 0 radical (unpaired) electrons. The maximum atomic E-state index is 13.4. The van der Waals surface area contributed by atoms with Gasteiger partial charge < -0.3 is 30.3 Å². The maximum Gasteiger partial charge on any atom is 0.347 e. The number of esters is 2. The average molecular weight is 501 g/mol. The van der Waals surface area contributed by atoms with Gasteiger partial charge in [0, 0.05) is 18.6 Å². The standard InChI is InChI=1S/C24H28N4O8/c1-12-20(30)16(10-15-6-4-8-25-11-15)27-21(31)18(13(2)35-24(34)14(3)36-23(12)33)28-22(32)19-17(29)7-5-9-26-19/h4-9,11-14,16,18,20,29-30H,10H2,1-3H3,(H,27,31)(H,28,32)/t12-,13-,14?,16+,18+,20+/m1/s1. The molecule has 192 valence electrons. The lowest BCUT2D eigenvalue weighted by Crippen LogP contribution is -2.59. The Morgan fingerprint density at radius 3 is 2.47 bits per heavy atom. The second kappa shape index (κ2) is 11.6. The van der Waals surface area contributed by atoms with Crippen molar-refractivity contribution < 1.29 is 38.9 Å². The van der Waals surface area contributed by atoms with Crippen LogP contribution in [0.2, 0.25) is 0 Å². The van der Waals surface area contributed by atoms with E-state index in [0.717, 1.165) is 0 Å². The lowest BCUT2D eigenvalue weighted by atomic mass is 9.92. The van der Waals surface area contributed by atoms with Gasteiger partial charge in [0.05, 0.1) is 18.1 Å². The minimum Gasteiger partial charge on any atom is -0.505 e. The Hall–Kier alpha value is -4.06. The van der Waals surface area contributed by atoms with Crippen LogP contribution in [-0.2, 0) is 30.3 Å². The molecule has 1 aliphatic heterocycles. The van der Waals surface area contributed by atoms with Crippen LogP contribution < -0.4 is 10.6 Å². The zero-order valence-electron chi connectivity index (χ0n) is 20.0. The minimum atomic E-state index is -1.44. The summed E-state index contributed by atoms with van der Waals surface area (Å²) in [5, 5.41) is 26.0. The molecule has 3 heterocycles. The van der Waals surface area contributed by atoms with Gasteiger partial charge in [-0.3, -0.25) is 19.4 Å². The van der Waals surface area contributed by atoms with Crippen molar-refractivity contribution in [1.82, 2.24) is 20.6 Å². The summed E-state index contributed by atoms with van der Waals surface area (Å²) in [5.74, 6) is -5.00. The highest BCUT2D eigenvalue weighted by molar-refractivity contribution is 5.98. The summed E-state index contributed by atoms with van der Waals surface area (Å²) in [6, 6.07) is 3.66. The summed E-state index contributed by atoms with van der Waals surface area (Å²) >= 11 is 0. The molecule has 1 aliphatic rings. The highest BCUT2D eigenvalue weighted by atomic mass is 16.6. The van der Waals surface area contributed by atoms with Gasteiger partial charge in [-0.15, -0.1) is 0 Å². The summed E-state index contributed by atoms with van der Waals surface area (Å²) in [6.07, 6.45) is 0.548. The third kappa shape index (κ3) is 6.33. The van der Waals surface area contributed by atoms with E-state index in [2.05, 4.69) is 20.6 Å². The zero-order valence-corrected chi connectivity index (χ0v) is 20.0. The van der Waals surface area contributed by atoms with Gasteiger partial charge in [-0.2, -0.15) is 0 Å². The lowest BCUT2D eigenvalue weighted by Gasteiger charge is -2.32. The van der Waals surface area contributed by atoms with Crippen molar-refractivity contribution >= 4 is 23.8 Å². The van der Waals surface area contributed by atoms with Crippen molar-refractivity contribution in [2.75, 3.05) is 0 Å². The topological polar surface area (TPSA) is 177 Å². The summed E-state index contributed by atoms with van der Waals surface area (Å²) < 4.78 is 10.5. The number of amides is 2. The molecule has 4 N–H and O–H groups in total. The number of aliphatic hydroxyl groups is 1. The van der Waals surface area contributed by atoms with Crippen LogP contribution >= 0.6 is 0 Å². The number of nitrogens with zero attached hydrogens (tertiary/aromatic N) is 2. The number of hydrogen-bond donors (Lipinski definition) is 4. The third-order valence-corrected chi connectivity index (χ3v) is 5.77. The molecule has 2 aromatic heterocycles. The average Bonchev–Trinajstić information content (AvgIpc) is 2.85. The van der Waals surface area contributed by atoms with Crippen molar-refractivity contribution in [3.63, 3.8) is 0 Å². The number of ether oxygens (including phenoxy) is 2. The van der Waals surface area contributed by atoms with E-state index >= 15 is 0 Å². The summed E-state index contributed by atoms with van der Waals surface area (Å²) in [6.45, 7) is 4.08. The van der Waals surface area contributed by atoms with Crippen molar-refractivity contribution in [3.8, 4) is 5.75 Å². The first-order valence-electron chi connectivity index (χ1n) is 11.3. The molecule has 0 aliphatic carbocycles. The van der Waals surface area contributed by atoms with Crippen LogP contribution in [0.15, 0.2) is 42.9 Å². The number of nitrogens with one attached hydrogen (secondary N) is 2. The molecule has 2 aromatic rings. The zero-order chi connectivity index (χ0) is 26.4. The Morgan fingerprint density at radius 2 is 1.81 bits per heavy atom. The van der Waals surface area contributed by atoms with E-state index in [-0.39, 0.29) is 12.1 Å². The Morgan fingerprint density at radius 1 is 1.08 bits per heavy atom. The lowest BCUT2D eigenvalue weighted by molar-refractivity contribution is -0.176. The smallest absolute Gasteiger partial charge is 0.347 e. The largest absolute Gasteiger partial charge is 0.505 e. The number of rotatable bonds is 4. The van der Waals surface area contributed by atoms with Gasteiger partial charge in [-0.1, -0.05) is 6.07 Å². The number of aromatic hydroxyl groups is 1. The van der Waals surface area contributed by atoms with E-state index in [0.29, 0.717) is 5.56 Å². The van der Waals surface area contributed by atoms with Gasteiger partial charge in [0.2, 0.25) is 5.91 Å². The molecule has 12 heteroatoms. The van der Waals surface area contributed by atoms with Gasteiger partial charge in [-0.05, 0) is 51.0 Å². The maximum absolute atomic E-state index is 13.4. The molecule has 6 atom stereocenters. The minimum absolute atomic E-state index is 0.101. The van der Waals surface area contributed by atoms with E-state index in [4.69, 9.17) is 9.47 Å². The Bertz CT molecular complexity index is 1110. The summed E-state index contributed by atoms with van der Waals surface area (Å²) in [5.41, 5.74) is 0.333. The monoisotopic (exact) mass is 500 g/mol. The van der Waals surface area contributed by atoms with Crippen LogP contribution in [0.25, 0.3) is 0 Å². The normalized spacial score (nSPS) is 27.5. The predicted octanol–water partition coefficient (Wildman–Crippen LogP) is -0.118. The van der Waals surface area contributed by atoms with E-state index < -0.39 is 65.8 Å². The number of cyclic esters (lactones) is 2. The number of pyridine rings is 2. The van der Waals surface area contributed by atoms with Gasteiger partial charge in [-0.25, -0.2) is 9.78 Å². The third-order valence-electron chi connectivity index (χ3n) is 5.77. The summed E-state index contributed by atoms with van der Waals surface area (Å²) in [4.78, 5) is 59.0. The summed E-state index contributed by atoms with van der Waals surface area (Å²) in [7, 11) is 0. The molecule has 0 saturated carbocycles. The Labute approximate surface area is 207 Å². The number of aliphatic hydroxyl groups excluding tert-OH is 1. The first-order chi connectivity index (χ1) is 17.1. The molecule has 36 heavy (non-hydrogen) atoms. The highest BCUT2D eigenvalue weighted by Gasteiger charge is 2.39. The van der Waals surface area contributed by atoms with Crippen LogP contribution in [0.4, 0.5) is 0 Å². The van der Waals surface area contributed by atoms with Crippen LogP contribution in [0.1, 0.15) is 36.8 Å². The van der Waals surface area contributed by atoms with Gasteiger partial charge >= 0.3 is 11.9 Å². The second-order valence-electron chi connectivity index (χ2n) is 8.50. The van der Waals surface area contributed by atoms with E-state index in [1.165, 1.54) is 39.1 Å².